The summed E-state index contributed by atoms with van der Waals surface area (Å²) in [4.78, 5) is 12.9. The molecule has 0 aromatic carbocycles. The van der Waals surface area contributed by atoms with Crippen molar-refractivity contribution < 1.29 is 69.0 Å². The fourth-order valence-electron chi connectivity index (χ4n) is 6.59. The highest BCUT2D eigenvalue weighted by Gasteiger charge is 2.47. The first kappa shape index (κ1) is 51.4. The molecule has 14 nitrogen and oxygen atoms in total. The van der Waals surface area contributed by atoms with Crippen LogP contribution in [0, 0.1) is 0 Å². The summed E-state index contributed by atoms with van der Waals surface area (Å²) >= 11 is 0. The fraction of sp³-hybridized carbons (Fsp3) is 0.837. The van der Waals surface area contributed by atoms with Crippen LogP contribution < -0.4 is 0 Å². The lowest BCUT2D eigenvalue weighted by molar-refractivity contribution is -0.332. The van der Waals surface area contributed by atoms with Crippen LogP contribution in [0.25, 0.3) is 0 Å². The Morgan fingerprint density at radius 2 is 1.14 bits per heavy atom. The van der Waals surface area contributed by atoms with Gasteiger partial charge in [0.15, 0.2) is 12.6 Å². The third kappa shape index (κ3) is 21.3. The molecule has 0 spiro atoms. The Morgan fingerprint density at radius 3 is 1.77 bits per heavy atom. The Bertz CT molecular complexity index is 1090. The third-order valence-corrected chi connectivity index (χ3v) is 10.2. The summed E-state index contributed by atoms with van der Waals surface area (Å²) in [7, 11) is 0. The molecule has 2 heterocycles. The Kier molecular flexibility index (Phi) is 28.9. The van der Waals surface area contributed by atoms with Crippen LogP contribution in [0.5, 0.6) is 0 Å². The van der Waals surface area contributed by atoms with Crippen molar-refractivity contribution in [2.24, 2.45) is 0 Å². The van der Waals surface area contributed by atoms with Gasteiger partial charge in [0.1, 0.15) is 54.9 Å². The van der Waals surface area contributed by atoms with Crippen LogP contribution in [-0.4, -0.2) is 142 Å². The van der Waals surface area contributed by atoms with Gasteiger partial charge in [-0.05, 0) is 44.9 Å². The summed E-state index contributed by atoms with van der Waals surface area (Å²) in [5, 5.41) is 71.7. The van der Waals surface area contributed by atoms with E-state index in [1.54, 1.807) is 0 Å². The van der Waals surface area contributed by atoms with Gasteiger partial charge < -0.3 is 64.2 Å². The van der Waals surface area contributed by atoms with Crippen LogP contribution in [0.1, 0.15) is 129 Å². The monoisotopic (exact) mass is 817 g/mol. The minimum Gasteiger partial charge on any atom is -0.457 e. The summed E-state index contributed by atoms with van der Waals surface area (Å²) in [5.41, 5.74) is 0. The molecule has 11 atom stereocenters. The number of hydrogen-bond donors (Lipinski definition) is 7. The lowest BCUT2D eigenvalue weighted by Gasteiger charge is -2.42. The summed E-state index contributed by atoms with van der Waals surface area (Å²) < 4.78 is 34.0. The highest BCUT2D eigenvalue weighted by Crippen LogP contribution is 2.26. The zero-order valence-electron chi connectivity index (χ0n) is 34.6. The number of allylic oxidation sites excluding steroid dienone is 6. The molecule has 11 unspecified atom stereocenters. The highest BCUT2D eigenvalue weighted by molar-refractivity contribution is 5.69. The van der Waals surface area contributed by atoms with Crippen molar-refractivity contribution in [3.8, 4) is 0 Å². The number of unbranched alkanes of at least 4 members (excludes halogenated alkanes) is 12. The Balaban J connectivity index is 1.85. The highest BCUT2D eigenvalue weighted by atomic mass is 16.7. The van der Waals surface area contributed by atoms with E-state index in [1.807, 2.05) is 0 Å². The minimum absolute atomic E-state index is 0.0505. The zero-order valence-corrected chi connectivity index (χ0v) is 34.6. The molecule has 2 rings (SSSR count). The summed E-state index contributed by atoms with van der Waals surface area (Å²) in [6.45, 7) is 3.49. The Hall–Kier alpha value is -1.79. The average Bonchev–Trinajstić information content (AvgIpc) is 3.20. The predicted molar refractivity (Wildman–Crippen MR) is 215 cm³/mol. The molecule has 57 heavy (non-hydrogen) atoms. The maximum atomic E-state index is 12.9. The van der Waals surface area contributed by atoms with Crippen molar-refractivity contribution in [2.45, 2.75) is 197 Å². The molecule has 2 aliphatic heterocycles. The number of ether oxygens (including phenoxy) is 6. The van der Waals surface area contributed by atoms with Gasteiger partial charge in [-0.1, -0.05) is 115 Å². The first-order valence-electron chi connectivity index (χ1n) is 21.6. The predicted octanol–water partition coefficient (Wildman–Crippen LogP) is 4.29. The molecule has 0 saturated carbocycles. The van der Waals surface area contributed by atoms with E-state index in [9.17, 15) is 40.5 Å². The van der Waals surface area contributed by atoms with Crippen molar-refractivity contribution in [1.29, 1.82) is 0 Å². The maximum Gasteiger partial charge on any atom is 0.306 e. The molecule has 0 aliphatic carbocycles. The minimum atomic E-state index is -1.71. The number of carbonyl (C=O) groups excluding carboxylic acids is 1. The topological polar surface area (TPSA) is 214 Å². The smallest absolute Gasteiger partial charge is 0.306 e. The van der Waals surface area contributed by atoms with Crippen molar-refractivity contribution in [1.82, 2.24) is 0 Å². The normalized spacial score (nSPS) is 28.9. The van der Waals surface area contributed by atoms with Gasteiger partial charge in [-0.2, -0.15) is 0 Å². The van der Waals surface area contributed by atoms with Gasteiger partial charge in [0.25, 0.3) is 0 Å². The summed E-state index contributed by atoms with van der Waals surface area (Å²) in [5.74, 6) is -0.407. The van der Waals surface area contributed by atoms with E-state index in [1.165, 1.54) is 44.9 Å². The zero-order chi connectivity index (χ0) is 41.7. The first-order valence-corrected chi connectivity index (χ1v) is 21.6. The van der Waals surface area contributed by atoms with Gasteiger partial charge in [0.05, 0.1) is 26.4 Å². The number of aliphatic hydroxyl groups excluding tert-OH is 7. The standard InChI is InChI=1S/C43H76O14/c1-3-5-7-9-11-13-15-16-17-18-20-22-24-26-35(45)55-32(29-52-27-25-23-21-19-14-12-10-8-6-4-2)30-53-42-41(51)39(49)37(47)34(57-42)31-54-43-40(50)38(48)36(46)33(28-44)56-43/h5,7,11,13,16-17,32-34,36-44,46-51H,3-4,6,8-10,12,14-15,18-31H2,1-2H3/b7-5-,13-11-,17-16-. The second-order valence-corrected chi connectivity index (χ2v) is 15.1. The third-order valence-electron chi connectivity index (χ3n) is 10.2. The molecule has 2 aliphatic rings. The van der Waals surface area contributed by atoms with Crippen LogP contribution >= 0.6 is 0 Å². The molecular formula is C43H76O14. The lowest BCUT2D eigenvalue weighted by Crippen LogP contribution is -2.61. The van der Waals surface area contributed by atoms with E-state index in [0.717, 1.165) is 57.8 Å². The molecule has 0 bridgehead atoms. The molecular weight excluding hydrogens is 740 g/mol. The van der Waals surface area contributed by atoms with E-state index < -0.39 is 86.7 Å². The Labute approximate surface area is 340 Å². The molecule has 0 amide bonds. The van der Waals surface area contributed by atoms with E-state index in [0.29, 0.717) is 13.0 Å². The van der Waals surface area contributed by atoms with Gasteiger partial charge in [0, 0.05) is 13.0 Å². The number of esters is 1. The molecule has 0 aromatic heterocycles. The Morgan fingerprint density at radius 1 is 0.596 bits per heavy atom. The quantitative estimate of drug-likeness (QED) is 0.0287. The molecule has 0 radical (unpaired) electrons. The van der Waals surface area contributed by atoms with Gasteiger partial charge in [0.2, 0.25) is 0 Å². The van der Waals surface area contributed by atoms with Gasteiger partial charge >= 0.3 is 5.97 Å². The van der Waals surface area contributed by atoms with Gasteiger partial charge in [-0.15, -0.1) is 0 Å². The van der Waals surface area contributed by atoms with Crippen molar-refractivity contribution in [3.63, 3.8) is 0 Å². The largest absolute Gasteiger partial charge is 0.457 e. The van der Waals surface area contributed by atoms with Gasteiger partial charge in [-0.25, -0.2) is 0 Å². The van der Waals surface area contributed by atoms with E-state index in [4.69, 9.17) is 28.4 Å². The van der Waals surface area contributed by atoms with Crippen LogP contribution in [0.4, 0.5) is 0 Å². The number of hydrogen-bond acceptors (Lipinski definition) is 14. The number of aliphatic hydroxyl groups is 7. The molecule has 332 valence electrons. The van der Waals surface area contributed by atoms with Crippen molar-refractivity contribution in [2.75, 3.05) is 33.0 Å². The molecule has 2 saturated heterocycles. The van der Waals surface area contributed by atoms with Crippen LogP contribution in [-0.2, 0) is 33.2 Å². The second-order valence-electron chi connectivity index (χ2n) is 15.1. The molecule has 2 fully saturated rings. The first-order chi connectivity index (χ1) is 27.6. The van der Waals surface area contributed by atoms with E-state index >= 15 is 0 Å². The van der Waals surface area contributed by atoms with E-state index in [2.05, 4.69) is 50.3 Å². The number of carbonyl (C=O) groups is 1. The molecule has 0 aromatic rings. The SMILES string of the molecule is CC/C=C\C/C=C\C/C=C\CCCCCC(=O)OC(COCCCCCCCCCCCC)COC1OC(COC2OC(CO)C(O)C(O)C2O)C(O)C(O)C1O. The van der Waals surface area contributed by atoms with E-state index in [-0.39, 0.29) is 19.6 Å². The molecule has 7 N–H and O–H groups in total. The van der Waals surface area contributed by atoms with Crippen molar-refractivity contribution >= 4 is 5.97 Å². The summed E-state index contributed by atoms with van der Waals surface area (Å²) in [6.07, 6.45) is 15.1. The average molecular weight is 817 g/mol. The van der Waals surface area contributed by atoms with Crippen LogP contribution in [0.3, 0.4) is 0 Å². The lowest BCUT2D eigenvalue weighted by atomic mass is 9.98. The maximum absolute atomic E-state index is 12.9. The number of rotatable bonds is 32. The second kappa shape index (κ2) is 32.0. The fourth-order valence-corrected chi connectivity index (χ4v) is 6.59. The van der Waals surface area contributed by atoms with Crippen molar-refractivity contribution in [3.05, 3.63) is 36.5 Å². The van der Waals surface area contributed by atoms with Crippen LogP contribution in [0.2, 0.25) is 0 Å². The van der Waals surface area contributed by atoms with Crippen LogP contribution in [0.15, 0.2) is 36.5 Å². The molecule has 14 heteroatoms. The summed E-state index contributed by atoms with van der Waals surface area (Å²) in [6, 6.07) is 0. The van der Waals surface area contributed by atoms with Gasteiger partial charge in [-0.3, -0.25) is 4.79 Å².